The number of nitrogens with one attached hydrogen (secondary N) is 1. The molecular weight excluding hydrogens is 206 g/mol. The normalized spacial score (nSPS) is 18.8. The smallest absolute Gasteiger partial charge is 0.323 e. The van der Waals surface area contributed by atoms with Gasteiger partial charge >= 0.3 is 5.97 Å². The third-order valence-electron chi connectivity index (χ3n) is 2.70. The summed E-state index contributed by atoms with van der Waals surface area (Å²) in [5, 5.41) is 3.06. The molecule has 4 heteroatoms. The Balaban J connectivity index is 2.54. The van der Waals surface area contributed by atoms with Gasteiger partial charge in [0.15, 0.2) is 0 Å². The number of esters is 1. The van der Waals surface area contributed by atoms with E-state index < -0.39 is 0 Å². The van der Waals surface area contributed by atoms with Crippen LogP contribution in [0.3, 0.4) is 0 Å². The minimum atomic E-state index is -0.292. The van der Waals surface area contributed by atoms with Crippen LogP contribution in [0, 0.1) is 18.3 Å². The van der Waals surface area contributed by atoms with Crippen LogP contribution in [0.2, 0.25) is 0 Å². The Hall–Kier alpha value is -1.05. The van der Waals surface area contributed by atoms with Gasteiger partial charge in [0.2, 0.25) is 0 Å². The molecule has 1 aliphatic heterocycles. The predicted octanol–water partition coefficient (Wildman–Crippen LogP) is 0.567. The molecule has 1 fully saturated rings. The summed E-state index contributed by atoms with van der Waals surface area (Å²) in [5.41, 5.74) is 0. The van der Waals surface area contributed by atoms with Gasteiger partial charge in [-0.2, -0.15) is 0 Å². The van der Waals surface area contributed by atoms with E-state index in [1.165, 1.54) is 0 Å². The molecule has 0 amide bonds. The molecule has 1 N–H and O–H groups in total. The number of carbonyl (C=O) groups excluding carboxylic acids is 1. The molecule has 0 saturated carbocycles. The molecule has 0 aliphatic carbocycles. The van der Waals surface area contributed by atoms with Crippen molar-refractivity contribution >= 4 is 5.97 Å². The number of carbonyl (C=O) groups is 1. The van der Waals surface area contributed by atoms with Crippen LogP contribution in [-0.2, 0) is 14.3 Å². The van der Waals surface area contributed by atoms with Crippen LogP contribution in [0.1, 0.15) is 19.8 Å². The zero-order valence-corrected chi connectivity index (χ0v) is 9.70. The lowest BCUT2D eigenvalue weighted by Gasteiger charge is -2.28. The van der Waals surface area contributed by atoms with Crippen LogP contribution in [0.15, 0.2) is 0 Å². The number of hydrogen-bond donors (Lipinski definition) is 1. The van der Waals surface area contributed by atoms with Crippen LogP contribution in [0.4, 0.5) is 0 Å². The zero-order chi connectivity index (χ0) is 11.8. The van der Waals surface area contributed by atoms with E-state index in [-0.39, 0.29) is 17.9 Å². The van der Waals surface area contributed by atoms with Gasteiger partial charge in [-0.25, -0.2) is 0 Å². The molecule has 16 heavy (non-hydrogen) atoms. The van der Waals surface area contributed by atoms with Crippen molar-refractivity contribution in [3.8, 4) is 12.3 Å². The average molecular weight is 225 g/mol. The highest BCUT2D eigenvalue weighted by Gasteiger charge is 2.30. The first-order valence-corrected chi connectivity index (χ1v) is 5.70. The SMILES string of the molecule is C#CCNC(C(=O)OCC)C1CCOCC1. The molecule has 0 aromatic rings. The number of rotatable bonds is 5. The van der Waals surface area contributed by atoms with Crippen molar-refractivity contribution < 1.29 is 14.3 Å². The lowest BCUT2D eigenvalue weighted by Crippen LogP contribution is -2.46. The first kappa shape index (κ1) is 13.0. The first-order valence-electron chi connectivity index (χ1n) is 5.70. The molecule has 0 aromatic carbocycles. The van der Waals surface area contributed by atoms with Crippen molar-refractivity contribution in [1.29, 1.82) is 0 Å². The molecular formula is C12H19NO3. The summed E-state index contributed by atoms with van der Waals surface area (Å²) in [5.74, 6) is 2.55. The summed E-state index contributed by atoms with van der Waals surface area (Å²) in [4.78, 5) is 11.8. The second kappa shape index (κ2) is 7.26. The van der Waals surface area contributed by atoms with Crippen LogP contribution in [-0.4, -0.2) is 38.4 Å². The molecule has 1 atom stereocenters. The van der Waals surface area contributed by atoms with Crippen molar-refractivity contribution in [3.05, 3.63) is 0 Å². The Bertz CT molecular complexity index is 253. The number of hydrogen-bond acceptors (Lipinski definition) is 4. The van der Waals surface area contributed by atoms with E-state index in [1.54, 1.807) is 6.92 Å². The second-order valence-corrected chi connectivity index (χ2v) is 3.76. The molecule has 0 bridgehead atoms. The van der Waals surface area contributed by atoms with Crippen molar-refractivity contribution in [2.24, 2.45) is 5.92 Å². The van der Waals surface area contributed by atoms with Crippen LogP contribution >= 0.6 is 0 Å². The van der Waals surface area contributed by atoms with Gasteiger partial charge in [0.1, 0.15) is 6.04 Å². The van der Waals surface area contributed by atoms with Gasteiger partial charge in [0.25, 0.3) is 0 Å². The van der Waals surface area contributed by atoms with E-state index in [1.807, 2.05) is 0 Å². The summed E-state index contributed by atoms with van der Waals surface area (Å²) < 4.78 is 10.3. The molecule has 0 spiro atoms. The largest absolute Gasteiger partial charge is 0.465 e. The third kappa shape index (κ3) is 3.84. The maximum absolute atomic E-state index is 11.8. The number of ether oxygens (including phenoxy) is 2. The fourth-order valence-corrected chi connectivity index (χ4v) is 1.89. The van der Waals surface area contributed by atoms with Crippen molar-refractivity contribution in [3.63, 3.8) is 0 Å². The molecule has 1 saturated heterocycles. The quantitative estimate of drug-likeness (QED) is 0.549. The van der Waals surface area contributed by atoms with Gasteiger partial charge in [-0.15, -0.1) is 6.42 Å². The lowest BCUT2D eigenvalue weighted by molar-refractivity contribution is -0.148. The van der Waals surface area contributed by atoms with E-state index in [2.05, 4.69) is 11.2 Å². The molecule has 1 heterocycles. The standard InChI is InChI=1S/C12H19NO3/c1-3-7-13-11(12(14)16-4-2)10-5-8-15-9-6-10/h1,10-11,13H,4-9H2,2H3. The Morgan fingerprint density at radius 3 is 2.88 bits per heavy atom. The summed E-state index contributed by atoms with van der Waals surface area (Å²) in [6, 6.07) is -0.292. The van der Waals surface area contributed by atoms with E-state index in [0.29, 0.717) is 26.4 Å². The molecule has 1 aliphatic rings. The minimum Gasteiger partial charge on any atom is -0.465 e. The molecule has 0 aromatic heterocycles. The lowest BCUT2D eigenvalue weighted by atomic mass is 9.91. The van der Waals surface area contributed by atoms with Crippen molar-refractivity contribution in [2.45, 2.75) is 25.8 Å². The highest BCUT2D eigenvalue weighted by atomic mass is 16.5. The van der Waals surface area contributed by atoms with E-state index >= 15 is 0 Å². The van der Waals surface area contributed by atoms with Gasteiger partial charge in [-0.3, -0.25) is 10.1 Å². The fraction of sp³-hybridized carbons (Fsp3) is 0.750. The monoisotopic (exact) mass is 225 g/mol. The van der Waals surface area contributed by atoms with Crippen molar-refractivity contribution in [2.75, 3.05) is 26.4 Å². The summed E-state index contributed by atoms with van der Waals surface area (Å²) >= 11 is 0. The van der Waals surface area contributed by atoms with Gasteiger partial charge in [-0.05, 0) is 25.7 Å². The number of terminal acetylenes is 1. The molecule has 90 valence electrons. The maximum Gasteiger partial charge on any atom is 0.323 e. The summed E-state index contributed by atoms with van der Waals surface area (Å²) in [7, 11) is 0. The van der Waals surface area contributed by atoms with Crippen LogP contribution < -0.4 is 5.32 Å². The molecule has 0 radical (unpaired) electrons. The van der Waals surface area contributed by atoms with E-state index in [4.69, 9.17) is 15.9 Å². The maximum atomic E-state index is 11.8. The van der Waals surface area contributed by atoms with E-state index in [0.717, 1.165) is 12.8 Å². The van der Waals surface area contributed by atoms with E-state index in [9.17, 15) is 4.79 Å². The van der Waals surface area contributed by atoms with Gasteiger partial charge < -0.3 is 9.47 Å². The summed E-state index contributed by atoms with van der Waals surface area (Å²) in [6.45, 7) is 4.01. The summed E-state index contributed by atoms with van der Waals surface area (Å²) in [6.07, 6.45) is 6.94. The second-order valence-electron chi connectivity index (χ2n) is 3.76. The third-order valence-corrected chi connectivity index (χ3v) is 2.70. The van der Waals surface area contributed by atoms with Crippen LogP contribution in [0.5, 0.6) is 0 Å². The highest BCUT2D eigenvalue weighted by Crippen LogP contribution is 2.19. The average Bonchev–Trinajstić information content (AvgIpc) is 2.31. The predicted molar refractivity (Wildman–Crippen MR) is 60.8 cm³/mol. The Morgan fingerprint density at radius 2 is 2.31 bits per heavy atom. The Labute approximate surface area is 96.7 Å². The zero-order valence-electron chi connectivity index (χ0n) is 9.70. The molecule has 1 rings (SSSR count). The minimum absolute atomic E-state index is 0.204. The topological polar surface area (TPSA) is 47.6 Å². The highest BCUT2D eigenvalue weighted by molar-refractivity contribution is 5.76. The van der Waals surface area contributed by atoms with Gasteiger partial charge in [0, 0.05) is 13.2 Å². The molecule has 1 unspecified atom stereocenters. The van der Waals surface area contributed by atoms with Crippen molar-refractivity contribution in [1.82, 2.24) is 5.32 Å². The molecule has 4 nitrogen and oxygen atoms in total. The van der Waals surface area contributed by atoms with Gasteiger partial charge in [0.05, 0.1) is 13.2 Å². The fourth-order valence-electron chi connectivity index (χ4n) is 1.89. The van der Waals surface area contributed by atoms with Gasteiger partial charge in [-0.1, -0.05) is 5.92 Å². The van der Waals surface area contributed by atoms with Crippen LogP contribution in [0.25, 0.3) is 0 Å². The Kier molecular flexibility index (Phi) is 5.91. The Morgan fingerprint density at radius 1 is 1.62 bits per heavy atom. The first-order chi connectivity index (χ1) is 7.79.